The number of fused-ring (bicyclic) bond motifs is 2. The van der Waals surface area contributed by atoms with Crippen molar-refractivity contribution in [1.29, 1.82) is 0 Å². The highest BCUT2D eigenvalue weighted by atomic mass is 16.7. The third-order valence-corrected chi connectivity index (χ3v) is 6.57. The number of rotatable bonds is 8. The van der Waals surface area contributed by atoms with Gasteiger partial charge in [-0.15, -0.1) is 0 Å². The summed E-state index contributed by atoms with van der Waals surface area (Å²) in [5, 5.41) is 13.6. The molecule has 180 valence electrons. The Labute approximate surface area is 197 Å². The molecule has 0 saturated carbocycles. The lowest BCUT2D eigenvalue weighted by Gasteiger charge is -2.32. The molecule has 5 rings (SSSR count). The van der Waals surface area contributed by atoms with E-state index in [9.17, 15) is 4.79 Å². The smallest absolute Gasteiger partial charge is 0.277 e. The fourth-order valence-corrected chi connectivity index (χ4v) is 4.73. The van der Waals surface area contributed by atoms with Crippen molar-refractivity contribution in [2.75, 3.05) is 31.3 Å². The lowest BCUT2D eigenvalue weighted by Crippen LogP contribution is -2.38. The number of hydrogen-bond donors (Lipinski definition) is 3. The van der Waals surface area contributed by atoms with Crippen LogP contribution in [0.2, 0.25) is 0 Å². The highest BCUT2D eigenvalue weighted by Gasteiger charge is 2.22. The van der Waals surface area contributed by atoms with Crippen molar-refractivity contribution in [2.45, 2.75) is 39.3 Å². The predicted octanol–water partition coefficient (Wildman–Crippen LogP) is 2.70. The molecule has 1 aromatic carbocycles. The summed E-state index contributed by atoms with van der Waals surface area (Å²) in [6.45, 7) is 6.96. The molecule has 0 atom stereocenters. The van der Waals surface area contributed by atoms with Crippen LogP contribution in [0.3, 0.4) is 0 Å². The summed E-state index contributed by atoms with van der Waals surface area (Å²) in [7, 11) is 0. The maximum atomic E-state index is 11.4. The molecule has 1 fully saturated rings. The average Bonchev–Trinajstić information content (AvgIpc) is 3.47. The Balaban J connectivity index is 1.16. The van der Waals surface area contributed by atoms with Gasteiger partial charge in [-0.25, -0.2) is 15.4 Å². The van der Waals surface area contributed by atoms with Crippen LogP contribution in [0, 0.1) is 5.92 Å². The van der Waals surface area contributed by atoms with Crippen molar-refractivity contribution < 1.29 is 19.5 Å². The first-order valence-corrected chi connectivity index (χ1v) is 11.8. The molecule has 0 aliphatic carbocycles. The molecule has 3 aromatic rings. The molecule has 2 aliphatic rings. The third kappa shape index (κ3) is 4.51. The van der Waals surface area contributed by atoms with Crippen LogP contribution in [0.5, 0.6) is 11.5 Å². The van der Waals surface area contributed by atoms with Gasteiger partial charge in [-0.2, -0.15) is 0 Å². The van der Waals surface area contributed by atoms with Gasteiger partial charge in [0.2, 0.25) is 12.7 Å². The second-order valence-corrected chi connectivity index (χ2v) is 8.84. The fourth-order valence-electron chi connectivity index (χ4n) is 4.73. The summed E-state index contributed by atoms with van der Waals surface area (Å²) in [4.78, 5) is 22.1. The van der Waals surface area contributed by atoms with E-state index in [1.165, 1.54) is 28.9 Å². The van der Waals surface area contributed by atoms with Gasteiger partial charge >= 0.3 is 0 Å². The SMILES string of the molecule is CCCn1cc(CNCC2CCN(c3ncc(C(=O)NO)cn3)CC2)c2cc3c(cc21)OCO3. The maximum Gasteiger partial charge on any atom is 0.277 e. The zero-order valence-electron chi connectivity index (χ0n) is 19.3. The molecular formula is C24H30N6O4. The second kappa shape index (κ2) is 9.86. The Kier molecular flexibility index (Phi) is 6.50. The molecule has 2 aliphatic heterocycles. The molecule has 1 saturated heterocycles. The second-order valence-electron chi connectivity index (χ2n) is 8.84. The number of aromatic nitrogens is 3. The van der Waals surface area contributed by atoms with Crippen molar-refractivity contribution in [1.82, 2.24) is 25.3 Å². The number of hydrogen-bond acceptors (Lipinski definition) is 8. The molecule has 0 radical (unpaired) electrons. The predicted molar refractivity (Wildman–Crippen MR) is 126 cm³/mol. The molecule has 3 N–H and O–H groups in total. The molecule has 10 heteroatoms. The fraction of sp³-hybridized carbons (Fsp3) is 0.458. The Hall–Kier alpha value is -3.37. The number of piperidine rings is 1. The van der Waals surface area contributed by atoms with E-state index in [0.717, 1.165) is 63.5 Å². The number of benzene rings is 1. The lowest BCUT2D eigenvalue weighted by atomic mass is 9.97. The van der Waals surface area contributed by atoms with E-state index < -0.39 is 5.91 Å². The zero-order valence-corrected chi connectivity index (χ0v) is 19.3. The summed E-state index contributed by atoms with van der Waals surface area (Å²) >= 11 is 0. The number of aryl methyl sites for hydroxylation is 1. The molecule has 0 unspecified atom stereocenters. The van der Waals surface area contributed by atoms with Crippen molar-refractivity contribution in [3.05, 3.63) is 41.9 Å². The van der Waals surface area contributed by atoms with E-state index in [1.807, 2.05) is 0 Å². The number of amides is 1. The number of nitrogens with one attached hydrogen (secondary N) is 2. The van der Waals surface area contributed by atoms with E-state index in [4.69, 9.17) is 14.7 Å². The standard InChI is InChI=1S/C24H30N6O4/c1-2-5-30-14-18(19-8-21-22(9-20(19)30)34-15-33-21)11-25-10-16-3-6-29(7-4-16)24-26-12-17(13-27-24)23(31)28-32/h8-9,12-14,16,25,32H,2-7,10-11,15H2,1H3,(H,28,31). The summed E-state index contributed by atoms with van der Waals surface area (Å²) in [6, 6.07) is 4.20. The first kappa shape index (κ1) is 22.4. The monoisotopic (exact) mass is 466 g/mol. The van der Waals surface area contributed by atoms with Crippen LogP contribution >= 0.6 is 0 Å². The average molecular weight is 467 g/mol. The quantitative estimate of drug-likeness (QED) is 0.343. The number of nitrogens with zero attached hydrogens (tertiary/aromatic N) is 4. The number of ether oxygens (including phenoxy) is 2. The highest BCUT2D eigenvalue weighted by molar-refractivity contribution is 5.92. The van der Waals surface area contributed by atoms with E-state index in [-0.39, 0.29) is 12.4 Å². The molecule has 4 heterocycles. The number of carbonyl (C=O) groups excluding carboxylic acids is 1. The van der Waals surface area contributed by atoms with E-state index in [2.05, 4.69) is 50.0 Å². The van der Waals surface area contributed by atoms with Gasteiger partial charge in [0.05, 0.1) is 11.1 Å². The summed E-state index contributed by atoms with van der Waals surface area (Å²) in [5.41, 5.74) is 4.29. The summed E-state index contributed by atoms with van der Waals surface area (Å²) in [5.74, 6) is 2.23. The number of carbonyl (C=O) groups is 1. The number of anilines is 1. The molecule has 0 bridgehead atoms. The van der Waals surface area contributed by atoms with Crippen molar-refractivity contribution in [3.8, 4) is 11.5 Å². The minimum absolute atomic E-state index is 0.231. The van der Waals surface area contributed by atoms with Gasteiger partial charge in [0, 0.05) is 56.2 Å². The molecular weight excluding hydrogens is 436 g/mol. The first-order valence-electron chi connectivity index (χ1n) is 11.8. The molecule has 0 spiro atoms. The van der Waals surface area contributed by atoms with Gasteiger partial charge in [-0.3, -0.25) is 10.0 Å². The summed E-state index contributed by atoms with van der Waals surface area (Å²) in [6.07, 6.45) is 8.28. The molecule has 1 amide bonds. The van der Waals surface area contributed by atoms with Gasteiger partial charge in [0.15, 0.2) is 11.5 Å². The molecule has 10 nitrogen and oxygen atoms in total. The minimum Gasteiger partial charge on any atom is -0.454 e. The van der Waals surface area contributed by atoms with Crippen LogP contribution in [0.25, 0.3) is 10.9 Å². The van der Waals surface area contributed by atoms with Crippen LogP contribution in [-0.2, 0) is 13.1 Å². The Morgan fingerprint density at radius 1 is 1.18 bits per heavy atom. The lowest BCUT2D eigenvalue weighted by molar-refractivity contribution is 0.0705. The molecule has 34 heavy (non-hydrogen) atoms. The third-order valence-electron chi connectivity index (χ3n) is 6.57. The van der Waals surface area contributed by atoms with Crippen molar-refractivity contribution >= 4 is 22.8 Å². The van der Waals surface area contributed by atoms with Crippen LogP contribution < -0.4 is 25.2 Å². The summed E-state index contributed by atoms with van der Waals surface area (Å²) < 4.78 is 13.5. The normalized spacial score (nSPS) is 15.8. The van der Waals surface area contributed by atoms with E-state index in [0.29, 0.717) is 11.9 Å². The van der Waals surface area contributed by atoms with Gasteiger partial charge < -0.3 is 24.3 Å². The maximum absolute atomic E-state index is 11.4. The van der Waals surface area contributed by atoms with Gasteiger partial charge in [0.25, 0.3) is 5.91 Å². The topological polar surface area (TPSA) is 114 Å². The molecule has 2 aromatic heterocycles. The van der Waals surface area contributed by atoms with Gasteiger partial charge in [-0.1, -0.05) is 6.92 Å². The minimum atomic E-state index is -0.612. The zero-order chi connectivity index (χ0) is 23.5. The van der Waals surface area contributed by atoms with Crippen molar-refractivity contribution in [2.24, 2.45) is 5.92 Å². The Morgan fingerprint density at radius 2 is 1.91 bits per heavy atom. The van der Waals surface area contributed by atoms with Crippen LogP contribution in [-0.4, -0.2) is 52.1 Å². The first-order chi connectivity index (χ1) is 16.7. The Bertz CT molecular complexity index is 1150. The number of hydroxylamine groups is 1. The van der Waals surface area contributed by atoms with Crippen LogP contribution in [0.4, 0.5) is 5.95 Å². The highest BCUT2D eigenvalue weighted by Crippen LogP contribution is 2.38. The van der Waals surface area contributed by atoms with Crippen LogP contribution in [0.15, 0.2) is 30.7 Å². The van der Waals surface area contributed by atoms with Gasteiger partial charge in [-0.05, 0) is 43.4 Å². The Morgan fingerprint density at radius 3 is 2.62 bits per heavy atom. The largest absolute Gasteiger partial charge is 0.454 e. The van der Waals surface area contributed by atoms with Crippen LogP contribution in [0.1, 0.15) is 42.1 Å². The van der Waals surface area contributed by atoms with Crippen molar-refractivity contribution in [3.63, 3.8) is 0 Å². The van der Waals surface area contributed by atoms with E-state index >= 15 is 0 Å². The van der Waals surface area contributed by atoms with E-state index in [1.54, 1.807) is 5.48 Å². The van der Waals surface area contributed by atoms with Gasteiger partial charge in [0.1, 0.15) is 0 Å².